The van der Waals surface area contributed by atoms with Gasteiger partial charge < -0.3 is 10.2 Å². The first-order valence-electron chi connectivity index (χ1n) is 13.5. The van der Waals surface area contributed by atoms with Crippen molar-refractivity contribution in [2.75, 3.05) is 0 Å². The maximum absolute atomic E-state index is 11.1. The van der Waals surface area contributed by atoms with Crippen molar-refractivity contribution in [3.8, 4) is 11.5 Å². The van der Waals surface area contributed by atoms with Gasteiger partial charge in [-0.3, -0.25) is 0 Å². The molecule has 0 aliphatic heterocycles. The van der Waals surface area contributed by atoms with Gasteiger partial charge >= 0.3 is 0 Å². The van der Waals surface area contributed by atoms with Crippen LogP contribution < -0.4 is 0 Å². The van der Waals surface area contributed by atoms with E-state index in [9.17, 15) is 10.2 Å². The van der Waals surface area contributed by atoms with Crippen molar-refractivity contribution in [1.82, 2.24) is 0 Å². The van der Waals surface area contributed by atoms with Crippen molar-refractivity contribution in [2.45, 2.75) is 87.9 Å². The number of aromatic hydroxyl groups is 2. The van der Waals surface area contributed by atoms with Crippen LogP contribution in [0, 0.1) is 35.5 Å². The van der Waals surface area contributed by atoms with Gasteiger partial charge in [-0.2, -0.15) is 0 Å². The molecule has 0 saturated heterocycles. The standard InChI is InChI=1S/C30H36O2/c31-26-1-2-27(32)28-24(26)9-23(29-11-17-3-18(12-29)5-19(4-17)13-29)10-25(28)30-14-20-6-21(15-30)8-22(7-20)16-30/h1-2,9-10,17-22,31-32H,3-8,11-16H2. The minimum Gasteiger partial charge on any atom is -0.507 e. The van der Waals surface area contributed by atoms with Crippen LogP contribution in [0.1, 0.15) is 88.2 Å². The molecule has 0 radical (unpaired) electrons. The third-order valence-corrected chi connectivity index (χ3v) is 11.3. The Morgan fingerprint density at radius 1 is 0.562 bits per heavy atom. The highest BCUT2D eigenvalue weighted by molar-refractivity contribution is 5.97. The van der Waals surface area contributed by atoms with E-state index in [1.165, 1.54) is 88.2 Å². The molecule has 2 N–H and O–H groups in total. The van der Waals surface area contributed by atoms with Gasteiger partial charge in [0.2, 0.25) is 0 Å². The monoisotopic (exact) mass is 428 g/mol. The Morgan fingerprint density at radius 3 is 1.50 bits per heavy atom. The highest BCUT2D eigenvalue weighted by atomic mass is 16.3. The third kappa shape index (κ3) is 2.42. The molecule has 8 saturated carbocycles. The smallest absolute Gasteiger partial charge is 0.123 e. The number of benzene rings is 2. The number of hydrogen-bond donors (Lipinski definition) is 2. The first-order valence-corrected chi connectivity index (χ1v) is 13.5. The summed E-state index contributed by atoms with van der Waals surface area (Å²) in [4.78, 5) is 0. The van der Waals surface area contributed by atoms with E-state index in [0.717, 1.165) is 46.3 Å². The molecular formula is C30H36O2. The largest absolute Gasteiger partial charge is 0.507 e. The van der Waals surface area contributed by atoms with Crippen LogP contribution in [0.5, 0.6) is 11.5 Å². The average Bonchev–Trinajstić information content (AvgIpc) is 2.74. The van der Waals surface area contributed by atoms with E-state index in [1.54, 1.807) is 12.1 Å². The molecule has 0 atom stereocenters. The van der Waals surface area contributed by atoms with E-state index >= 15 is 0 Å². The number of hydrogen-bond acceptors (Lipinski definition) is 2. The fourth-order valence-electron chi connectivity index (χ4n) is 11.1. The van der Waals surface area contributed by atoms with E-state index in [4.69, 9.17) is 0 Å². The molecule has 0 unspecified atom stereocenters. The van der Waals surface area contributed by atoms with Gasteiger partial charge in [0.05, 0.1) is 0 Å². The van der Waals surface area contributed by atoms with E-state index in [2.05, 4.69) is 12.1 Å². The molecule has 0 spiro atoms. The topological polar surface area (TPSA) is 40.5 Å². The minimum atomic E-state index is 0.219. The van der Waals surface area contributed by atoms with Gasteiger partial charge in [-0.05, 0) is 153 Å². The molecule has 2 aromatic carbocycles. The molecule has 2 aromatic rings. The summed E-state index contributed by atoms with van der Waals surface area (Å²) in [6, 6.07) is 8.33. The van der Waals surface area contributed by atoms with Crippen molar-refractivity contribution in [3.63, 3.8) is 0 Å². The molecule has 2 heteroatoms. The zero-order valence-electron chi connectivity index (χ0n) is 19.2. The lowest BCUT2D eigenvalue weighted by Crippen LogP contribution is -2.50. The summed E-state index contributed by atoms with van der Waals surface area (Å²) in [6.45, 7) is 0. The van der Waals surface area contributed by atoms with Gasteiger partial charge in [-0.25, -0.2) is 0 Å². The van der Waals surface area contributed by atoms with Crippen molar-refractivity contribution >= 4 is 10.8 Å². The Bertz CT molecular complexity index is 1060. The number of phenolic OH excluding ortho intramolecular Hbond substituents is 2. The lowest BCUT2D eigenvalue weighted by atomic mass is 9.46. The van der Waals surface area contributed by atoms with Gasteiger partial charge in [0.15, 0.2) is 0 Å². The Kier molecular flexibility index (Phi) is 3.53. The molecule has 8 aliphatic carbocycles. The van der Waals surface area contributed by atoms with E-state index in [1.807, 2.05) is 0 Å². The van der Waals surface area contributed by atoms with Crippen LogP contribution in [0.15, 0.2) is 24.3 Å². The van der Waals surface area contributed by atoms with Gasteiger partial charge in [-0.15, -0.1) is 0 Å². The third-order valence-electron chi connectivity index (χ3n) is 11.3. The lowest BCUT2D eigenvalue weighted by Gasteiger charge is -2.58. The molecule has 2 nitrogen and oxygen atoms in total. The fourth-order valence-corrected chi connectivity index (χ4v) is 11.1. The van der Waals surface area contributed by atoms with E-state index < -0.39 is 0 Å². The maximum atomic E-state index is 11.1. The minimum absolute atomic E-state index is 0.219. The molecule has 10 rings (SSSR count). The van der Waals surface area contributed by atoms with Crippen molar-refractivity contribution in [3.05, 3.63) is 35.4 Å². The highest BCUT2D eigenvalue weighted by Gasteiger charge is 2.54. The zero-order valence-corrected chi connectivity index (χ0v) is 19.2. The van der Waals surface area contributed by atoms with Crippen LogP contribution in [-0.2, 0) is 10.8 Å². The molecule has 8 fully saturated rings. The Labute approximate surface area is 191 Å². The lowest BCUT2D eigenvalue weighted by molar-refractivity contribution is -0.00790. The normalized spacial score (nSPS) is 45.8. The summed E-state index contributed by atoms with van der Waals surface area (Å²) >= 11 is 0. The number of rotatable bonds is 2. The van der Waals surface area contributed by atoms with Gasteiger partial charge in [-0.1, -0.05) is 6.07 Å². The summed E-state index contributed by atoms with van der Waals surface area (Å²) in [5, 5.41) is 24.0. The molecule has 8 bridgehead atoms. The Morgan fingerprint density at radius 2 is 1.00 bits per heavy atom. The first kappa shape index (κ1) is 18.7. The van der Waals surface area contributed by atoms with Crippen LogP contribution in [0.25, 0.3) is 10.8 Å². The van der Waals surface area contributed by atoms with Crippen LogP contribution in [0.2, 0.25) is 0 Å². The van der Waals surface area contributed by atoms with Crippen LogP contribution >= 0.6 is 0 Å². The molecule has 0 heterocycles. The second-order valence-electron chi connectivity index (χ2n) is 13.4. The number of fused-ring (bicyclic) bond motifs is 1. The van der Waals surface area contributed by atoms with Gasteiger partial charge in [0.1, 0.15) is 11.5 Å². The van der Waals surface area contributed by atoms with Gasteiger partial charge in [0, 0.05) is 10.8 Å². The van der Waals surface area contributed by atoms with E-state index in [0.29, 0.717) is 16.9 Å². The zero-order chi connectivity index (χ0) is 21.2. The predicted octanol–water partition coefficient (Wildman–Crippen LogP) is 7.19. The molecule has 0 amide bonds. The Hall–Kier alpha value is -1.70. The quantitative estimate of drug-likeness (QED) is 0.497. The van der Waals surface area contributed by atoms with E-state index in [-0.39, 0.29) is 5.41 Å². The summed E-state index contributed by atoms with van der Waals surface area (Å²) in [5.41, 5.74) is 3.46. The summed E-state index contributed by atoms with van der Waals surface area (Å²) in [6.07, 6.45) is 16.6. The van der Waals surface area contributed by atoms with Crippen LogP contribution in [0.3, 0.4) is 0 Å². The van der Waals surface area contributed by atoms with Crippen LogP contribution in [0.4, 0.5) is 0 Å². The average molecular weight is 429 g/mol. The summed E-state index contributed by atoms with van der Waals surface area (Å²) < 4.78 is 0. The SMILES string of the molecule is Oc1ccc(O)c2c(C34CC5CC(CC(C5)C3)C4)cc(C34CC5CC(CC(C5)C3)C4)cc12. The molecule has 32 heavy (non-hydrogen) atoms. The molecular weight excluding hydrogens is 392 g/mol. The van der Waals surface area contributed by atoms with Gasteiger partial charge in [0.25, 0.3) is 0 Å². The molecule has 0 aromatic heterocycles. The van der Waals surface area contributed by atoms with Crippen molar-refractivity contribution in [1.29, 1.82) is 0 Å². The van der Waals surface area contributed by atoms with Crippen molar-refractivity contribution < 1.29 is 10.2 Å². The molecule has 8 aliphatic rings. The summed E-state index contributed by atoms with van der Waals surface area (Å²) in [7, 11) is 0. The molecule has 168 valence electrons. The summed E-state index contributed by atoms with van der Waals surface area (Å²) in [5.74, 6) is 6.10. The predicted molar refractivity (Wildman–Crippen MR) is 127 cm³/mol. The van der Waals surface area contributed by atoms with Crippen LogP contribution in [-0.4, -0.2) is 10.2 Å². The fraction of sp³-hybridized carbons (Fsp3) is 0.667. The van der Waals surface area contributed by atoms with Crippen molar-refractivity contribution in [2.24, 2.45) is 35.5 Å². The highest BCUT2D eigenvalue weighted by Crippen LogP contribution is 2.64. The second-order valence-corrected chi connectivity index (χ2v) is 13.4. The maximum Gasteiger partial charge on any atom is 0.123 e. The first-order chi connectivity index (χ1) is 15.5. The Balaban J connectivity index is 1.36. The number of phenols is 2. The second kappa shape index (κ2) is 6.05.